The Morgan fingerprint density at radius 3 is 2.10 bits per heavy atom. The number of halogens is 1. The summed E-state index contributed by atoms with van der Waals surface area (Å²) in [6, 6.07) is 4.28. The van der Waals surface area contributed by atoms with Gasteiger partial charge in [0.05, 0.1) is 137 Å². The van der Waals surface area contributed by atoms with Crippen molar-refractivity contribution in [3.8, 4) is 11.6 Å². The van der Waals surface area contributed by atoms with E-state index in [2.05, 4.69) is 46.2 Å². The van der Waals surface area contributed by atoms with E-state index in [-0.39, 0.29) is 42.9 Å². The third-order valence-electron chi connectivity index (χ3n) is 13.9. The van der Waals surface area contributed by atoms with Gasteiger partial charge in [0.25, 0.3) is 11.8 Å². The van der Waals surface area contributed by atoms with Crippen LogP contribution in [0.4, 0.5) is 49.8 Å². The van der Waals surface area contributed by atoms with Crippen LogP contribution in [0.1, 0.15) is 70.2 Å². The lowest BCUT2D eigenvalue weighted by Gasteiger charge is -2.43. The number of imidazole rings is 1. The smallest absolute Gasteiger partial charge is 0.408 e. The summed E-state index contributed by atoms with van der Waals surface area (Å²) in [4.78, 5) is 67.5. The standard InChI is InChI=1S/C55H80FN15O12/c1-9-42-51(73)68(6)43-31-58-52(64-47(43)71(42)37-12-10-11-13-37)61-39-15-14-36(30-44(39)75-7)49(72)57-16-18-77-20-22-79-24-26-81-28-29-82-27-25-80-23-21-78-19-17-70-34-41(50(66-70)76-8)60-46-45-48(67(5)35-59-45)65-53(63-46)69-32-38(56)40(33-69)62-54(74)83-55(2,3)4/h14-15,30-31,34-35,37-38,40,42H,9-13,16-29,32-33H2,1-8H3,(H,57,72)(H,62,74)(H,58,61,64)(H,60,63,65)/t38-,40?,42-/m1/s1. The van der Waals surface area contributed by atoms with Crippen molar-refractivity contribution in [1.82, 2.24) is 49.9 Å². The number of likely N-dealkylation sites (N-methyl/N-ethyl adjacent to an activating group) is 1. The monoisotopic (exact) mass is 1160 g/mol. The molecule has 0 spiro atoms. The number of fused-ring (bicyclic) bond motifs is 2. The lowest BCUT2D eigenvalue weighted by Crippen LogP contribution is -2.55. The Labute approximate surface area is 482 Å². The average molecular weight is 1160 g/mol. The Bertz CT molecular complexity index is 2920. The highest BCUT2D eigenvalue weighted by atomic mass is 19.1. The van der Waals surface area contributed by atoms with Gasteiger partial charge in [-0.05, 0) is 58.2 Å². The first-order valence-corrected chi connectivity index (χ1v) is 28.2. The third kappa shape index (κ3) is 16.7. The van der Waals surface area contributed by atoms with Crippen LogP contribution >= 0.6 is 0 Å². The molecule has 28 heteroatoms. The summed E-state index contributed by atoms with van der Waals surface area (Å²) in [6.45, 7) is 12.8. The summed E-state index contributed by atoms with van der Waals surface area (Å²) >= 11 is 0. The lowest BCUT2D eigenvalue weighted by atomic mass is 10.0. The van der Waals surface area contributed by atoms with Gasteiger partial charge in [0.15, 0.2) is 22.8 Å². The Balaban J connectivity index is 0.630. The van der Waals surface area contributed by atoms with Crippen molar-refractivity contribution < 1.29 is 61.4 Å². The minimum Gasteiger partial charge on any atom is -0.495 e. The molecule has 2 fully saturated rings. The van der Waals surface area contributed by atoms with Crippen LogP contribution in [0.15, 0.2) is 36.9 Å². The van der Waals surface area contributed by atoms with Gasteiger partial charge in [0.2, 0.25) is 17.8 Å². The number of rotatable bonds is 32. The van der Waals surface area contributed by atoms with Crippen LogP contribution in [0, 0.1) is 0 Å². The summed E-state index contributed by atoms with van der Waals surface area (Å²) in [5, 5.41) is 16.6. The molecule has 1 saturated heterocycles. The highest BCUT2D eigenvalue weighted by molar-refractivity contribution is 6.04. The van der Waals surface area contributed by atoms with Crippen molar-refractivity contribution in [2.45, 2.75) is 96.2 Å². The largest absolute Gasteiger partial charge is 0.495 e. The number of hydrogen-bond acceptors (Lipinski definition) is 22. The van der Waals surface area contributed by atoms with Gasteiger partial charge < -0.3 is 83.2 Å². The predicted molar refractivity (Wildman–Crippen MR) is 306 cm³/mol. The molecule has 27 nitrogen and oxygen atoms in total. The van der Waals surface area contributed by atoms with Crippen LogP contribution in [0.25, 0.3) is 11.2 Å². The number of anilines is 7. The molecular weight excluding hydrogens is 1080 g/mol. The van der Waals surface area contributed by atoms with Crippen LogP contribution in [-0.4, -0.2) is 207 Å². The summed E-state index contributed by atoms with van der Waals surface area (Å²) < 4.78 is 69.0. The van der Waals surface area contributed by atoms with Crippen LogP contribution in [0.5, 0.6) is 11.6 Å². The van der Waals surface area contributed by atoms with Gasteiger partial charge in [-0.1, -0.05) is 19.8 Å². The first-order valence-electron chi connectivity index (χ1n) is 28.2. The van der Waals surface area contributed by atoms with Gasteiger partial charge in [-0.25, -0.2) is 19.2 Å². The number of carbonyl (C=O) groups excluding carboxylic acids is 3. The lowest BCUT2D eigenvalue weighted by molar-refractivity contribution is -0.120. The fourth-order valence-electron chi connectivity index (χ4n) is 9.83. The molecule has 4 aromatic heterocycles. The van der Waals surface area contributed by atoms with Crippen LogP contribution in [0.3, 0.4) is 0 Å². The molecule has 4 N–H and O–H groups in total. The first-order chi connectivity index (χ1) is 40.1. The molecule has 454 valence electrons. The quantitative estimate of drug-likeness (QED) is 0.0415. The number of nitrogens with one attached hydrogen (secondary N) is 4. The number of amides is 3. The highest BCUT2D eigenvalue weighted by Gasteiger charge is 2.42. The third-order valence-corrected chi connectivity index (χ3v) is 13.9. The number of nitrogens with zero attached hydrogens (tertiary/aromatic N) is 11. The molecule has 83 heavy (non-hydrogen) atoms. The van der Waals surface area contributed by atoms with Gasteiger partial charge in [-0.3, -0.25) is 14.3 Å². The highest BCUT2D eigenvalue weighted by Crippen LogP contribution is 2.41. The Morgan fingerprint density at radius 1 is 0.795 bits per heavy atom. The van der Waals surface area contributed by atoms with Crippen molar-refractivity contribution >= 4 is 69.7 Å². The zero-order chi connectivity index (χ0) is 58.9. The van der Waals surface area contributed by atoms with Crippen molar-refractivity contribution in [3.63, 3.8) is 0 Å². The van der Waals surface area contributed by atoms with E-state index in [0.717, 1.165) is 31.5 Å². The summed E-state index contributed by atoms with van der Waals surface area (Å²) in [6.07, 6.45) is 8.00. The zero-order valence-electron chi connectivity index (χ0n) is 48.8. The number of carbonyl (C=O) groups is 3. The Kier molecular flexibility index (Phi) is 22.2. The fourth-order valence-corrected chi connectivity index (χ4v) is 9.83. The molecule has 6 heterocycles. The molecular formula is C55H80FN15O12. The molecule has 2 aliphatic heterocycles. The molecule has 3 aliphatic rings. The van der Waals surface area contributed by atoms with Crippen molar-refractivity contribution in [2.24, 2.45) is 7.05 Å². The second-order valence-corrected chi connectivity index (χ2v) is 21.1. The molecule has 1 aliphatic carbocycles. The Morgan fingerprint density at radius 2 is 1.46 bits per heavy atom. The van der Waals surface area contributed by atoms with Crippen molar-refractivity contribution in [1.29, 1.82) is 0 Å². The van der Waals surface area contributed by atoms with Gasteiger partial charge >= 0.3 is 6.09 Å². The molecule has 5 aromatic rings. The number of alkyl carbamates (subject to hydrolysis) is 1. The summed E-state index contributed by atoms with van der Waals surface area (Å²) in [5.41, 5.74) is 2.54. The number of alkyl halides is 1. The summed E-state index contributed by atoms with van der Waals surface area (Å²) in [5.74, 6) is 2.31. The maximum atomic E-state index is 15.2. The van der Waals surface area contributed by atoms with E-state index in [0.29, 0.717) is 156 Å². The maximum absolute atomic E-state index is 15.2. The molecule has 8 rings (SSSR count). The van der Waals surface area contributed by atoms with Gasteiger partial charge in [0.1, 0.15) is 34.9 Å². The van der Waals surface area contributed by atoms with Crippen molar-refractivity contribution in [2.75, 3.05) is 146 Å². The topological polar surface area (TPSA) is 279 Å². The van der Waals surface area contributed by atoms with E-state index in [1.54, 1.807) is 90.8 Å². The second kappa shape index (κ2) is 29.8. The average Bonchev–Trinajstić information content (AvgIpc) is 3.55. The molecule has 0 radical (unpaired) electrons. The van der Waals surface area contributed by atoms with E-state index in [1.807, 2.05) is 6.92 Å². The summed E-state index contributed by atoms with van der Waals surface area (Å²) in [7, 11) is 6.63. The molecule has 1 aromatic carbocycles. The Hall–Kier alpha value is -7.24. The number of benzene rings is 1. The van der Waals surface area contributed by atoms with Crippen LogP contribution in [0.2, 0.25) is 0 Å². The normalized spacial score (nSPS) is 17.3. The van der Waals surface area contributed by atoms with Gasteiger partial charge in [-0.2, -0.15) is 15.0 Å². The van der Waals surface area contributed by atoms with Gasteiger partial charge in [0, 0.05) is 38.8 Å². The number of aryl methyl sites for hydroxylation is 1. The molecule has 0 bridgehead atoms. The minimum atomic E-state index is -1.37. The van der Waals surface area contributed by atoms with E-state index in [1.165, 1.54) is 14.2 Å². The number of aromatic nitrogens is 8. The maximum Gasteiger partial charge on any atom is 0.408 e. The van der Waals surface area contributed by atoms with E-state index < -0.39 is 23.9 Å². The SMILES string of the molecule is CC[C@@H]1C(=O)N(C)c2cnc(Nc3ccc(C(=O)NCCOCCOCCOCCOCCOCCOCCn4cc(Nc5nc(N6CC(NC(=O)OC(C)(C)C)[C@H](F)C6)nc6c5ncn6C)c(OC)n4)cc3OC)nc2N1C1CCCC1. The van der Waals surface area contributed by atoms with Crippen LogP contribution < -0.4 is 45.4 Å². The molecule has 3 atom stereocenters. The van der Waals surface area contributed by atoms with E-state index in [9.17, 15) is 14.4 Å². The van der Waals surface area contributed by atoms with Gasteiger partial charge in [-0.15, -0.1) is 5.10 Å². The molecule has 1 saturated carbocycles. The first kappa shape index (κ1) is 61.8. The fraction of sp³-hybridized carbons (Fsp3) is 0.618. The van der Waals surface area contributed by atoms with Crippen molar-refractivity contribution in [3.05, 3.63) is 42.5 Å². The second-order valence-electron chi connectivity index (χ2n) is 21.1. The zero-order valence-corrected chi connectivity index (χ0v) is 48.8. The van der Waals surface area contributed by atoms with Crippen LogP contribution in [-0.2, 0) is 51.5 Å². The number of methoxy groups -OCH3 is 2. The number of hydrogen-bond donors (Lipinski definition) is 4. The predicted octanol–water partition coefficient (Wildman–Crippen LogP) is 4.94. The van der Waals surface area contributed by atoms with E-state index >= 15 is 4.39 Å². The molecule has 3 amide bonds. The molecule has 1 unspecified atom stereocenters. The number of ether oxygens (including phenoxy) is 9. The van der Waals surface area contributed by atoms with E-state index in [4.69, 9.17) is 52.6 Å². The minimum absolute atomic E-state index is 0.0255.